The van der Waals surface area contributed by atoms with Gasteiger partial charge in [0, 0.05) is 4.47 Å². The number of hydrogen-bond donors (Lipinski definition) is 1. The molecule has 0 spiro atoms. The van der Waals surface area contributed by atoms with Gasteiger partial charge >= 0.3 is 0 Å². The summed E-state index contributed by atoms with van der Waals surface area (Å²) in [5.41, 5.74) is 0.198. The van der Waals surface area contributed by atoms with Gasteiger partial charge in [-0.25, -0.2) is 9.37 Å². The Bertz CT molecular complexity index is 760. The number of para-hydroxylation sites is 1. The molecule has 0 saturated heterocycles. The molecule has 0 saturated carbocycles. The fourth-order valence-corrected chi connectivity index (χ4v) is 2.14. The van der Waals surface area contributed by atoms with E-state index in [1.54, 1.807) is 12.1 Å². The van der Waals surface area contributed by atoms with Crippen molar-refractivity contribution in [1.82, 2.24) is 29.7 Å². The minimum atomic E-state index is -0.455. The summed E-state index contributed by atoms with van der Waals surface area (Å²) in [6.07, 6.45) is 2.74. The molecule has 10 heteroatoms. The third kappa shape index (κ3) is 2.98. The quantitative estimate of drug-likeness (QED) is 0.763. The monoisotopic (exact) mass is 369 g/mol. The lowest BCUT2D eigenvalue weighted by atomic mass is 10.3. The lowest BCUT2D eigenvalue weighted by molar-refractivity contribution is 0.630. The Kier molecular flexibility index (Phi) is 3.76. The molecule has 0 aliphatic heterocycles. The van der Waals surface area contributed by atoms with Gasteiger partial charge in [0.25, 0.3) is 5.95 Å². The molecule has 1 aromatic carbocycles. The van der Waals surface area contributed by atoms with Gasteiger partial charge in [-0.3, -0.25) is 0 Å². The Morgan fingerprint density at radius 3 is 2.81 bits per heavy atom. The summed E-state index contributed by atoms with van der Waals surface area (Å²) in [6.45, 7) is 0. The number of anilines is 2. The zero-order chi connectivity index (χ0) is 14.8. The van der Waals surface area contributed by atoms with Gasteiger partial charge in [0.05, 0.1) is 5.69 Å². The van der Waals surface area contributed by atoms with E-state index in [0.29, 0.717) is 4.47 Å². The SMILES string of the molecule is Fc1cccc(Br)c1Nc1nc(Cl)nc(-n2cncn2)n1. The first kappa shape index (κ1) is 13.8. The first-order valence-electron chi connectivity index (χ1n) is 5.61. The van der Waals surface area contributed by atoms with Crippen molar-refractivity contribution in [1.29, 1.82) is 0 Å². The predicted molar refractivity (Wildman–Crippen MR) is 77.1 cm³/mol. The molecule has 0 aliphatic rings. The second-order valence-corrected chi connectivity index (χ2v) is 4.98. The van der Waals surface area contributed by atoms with E-state index >= 15 is 0 Å². The average Bonchev–Trinajstić information content (AvgIpc) is 2.97. The van der Waals surface area contributed by atoms with E-state index in [0.717, 1.165) is 0 Å². The maximum Gasteiger partial charge on any atom is 0.258 e. The molecule has 3 rings (SSSR count). The second kappa shape index (κ2) is 5.70. The van der Waals surface area contributed by atoms with Crippen LogP contribution in [-0.2, 0) is 0 Å². The van der Waals surface area contributed by atoms with Gasteiger partial charge in [-0.1, -0.05) is 6.07 Å². The molecule has 0 fully saturated rings. The van der Waals surface area contributed by atoms with Crippen molar-refractivity contribution in [3.05, 3.63) is 46.4 Å². The van der Waals surface area contributed by atoms with E-state index in [-0.39, 0.29) is 22.9 Å². The summed E-state index contributed by atoms with van der Waals surface area (Å²) < 4.78 is 15.6. The van der Waals surface area contributed by atoms with Gasteiger partial charge in [-0.05, 0) is 39.7 Å². The van der Waals surface area contributed by atoms with Crippen molar-refractivity contribution in [2.24, 2.45) is 0 Å². The van der Waals surface area contributed by atoms with Crippen LogP contribution in [0, 0.1) is 5.82 Å². The third-order valence-electron chi connectivity index (χ3n) is 2.42. The fourth-order valence-electron chi connectivity index (χ4n) is 1.54. The molecule has 7 nitrogen and oxygen atoms in total. The van der Waals surface area contributed by atoms with Crippen molar-refractivity contribution in [2.75, 3.05) is 5.32 Å². The van der Waals surface area contributed by atoms with Gasteiger partial charge in [0.1, 0.15) is 18.5 Å². The normalized spacial score (nSPS) is 10.6. The summed E-state index contributed by atoms with van der Waals surface area (Å²) in [5, 5.41) is 6.60. The average molecular weight is 371 g/mol. The van der Waals surface area contributed by atoms with Crippen molar-refractivity contribution in [2.45, 2.75) is 0 Å². The maximum atomic E-state index is 13.8. The van der Waals surface area contributed by atoms with Crippen LogP contribution in [0.4, 0.5) is 16.0 Å². The van der Waals surface area contributed by atoms with Gasteiger partial charge in [-0.15, -0.1) is 0 Å². The Labute approximate surface area is 131 Å². The molecule has 21 heavy (non-hydrogen) atoms. The molecule has 0 aliphatic carbocycles. The zero-order valence-corrected chi connectivity index (χ0v) is 12.5. The lowest BCUT2D eigenvalue weighted by Crippen LogP contribution is -2.07. The second-order valence-electron chi connectivity index (χ2n) is 3.79. The topological polar surface area (TPSA) is 81.4 Å². The van der Waals surface area contributed by atoms with Crippen LogP contribution in [0.3, 0.4) is 0 Å². The van der Waals surface area contributed by atoms with Crippen LogP contribution in [-0.4, -0.2) is 29.7 Å². The molecule has 0 radical (unpaired) electrons. The zero-order valence-electron chi connectivity index (χ0n) is 10.2. The van der Waals surface area contributed by atoms with Crippen molar-refractivity contribution >= 4 is 39.2 Å². The minimum absolute atomic E-state index is 0.0505. The first-order valence-corrected chi connectivity index (χ1v) is 6.78. The Hall–Kier alpha value is -2.13. The maximum absolute atomic E-state index is 13.8. The van der Waals surface area contributed by atoms with Crippen molar-refractivity contribution < 1.29 is 4.39 Å². The number of hydrogen-bond acceptors (Lipinski definition) is 6. The Balaban J connectivity index is 2.00. The molecule has 0 atom stereocenters. The minimum Gasteiger partial charge on any atom is -0.321 e. The molecule has 2 aromatic heterocycles. The molecular weight excluding hydrogens is 365 g/mol. The highest BCUT2D eigenvalue weighted by molar-refractivity contribution is 9.10. The van der Waals surface area contributed by atoms with E-state index in [1.165, 1.54) is 23.4 Å². The summed E-state index contributed by atoms with van der Waals surface area (Å²) in [4.78, 5) is 15.7. The van der Waals surface area contributed by atoms with Gasteiger partial charge in [0.2, 0.25) is 11.2 Å². The molecule has 2 heterocycles. The molecule has 0 bridgehead atoms. The number of rotatable bonds is 3. The highest BCUT2D eigenvalue weighted by atomic mass is 79.9. The largest absolute Gasteiger partial charge is 0.321 e. The summed E-state index contributed by atoms with van der Waals surface area (Å²) in [7, 11) is 0. The van der Waals surface area contributed by atoms with Gasteiger partial charge in [-0.2, -0.15) is 24.7 Å². The molecule has 0 unspecified atom stereocenters. The highest BCUT2D eigenvalue weighted by Crippen LogP contribution is 2.27. The molecule has 1 N–H and O–H groups in total. The summed E-state index contributed by atoms with van der Waals surface area (Å²) in [6, 6.07) is 4.58. The number of halogens is 3. The fraction of sp³-hybridized carbons (Fsp3) is 0. The Morgan fingerprint density at radius 1 is 1.24 bits per heavy atom. The molecule has 0 amide bonds. The smallest absolute Gasteiger partial charge is 0.258 e. The highest BCUT2D eigenvalue weighted by Gasteiger charge is 2.11. The van der Waals surface area contributed by atoms with Crippen LogP contribution in [0.1, 0.15) is 0 Å². The van der Waals surface area contributed by atoms with Crippen LogP contribution in [0.5, 0.6) is 0 Å². The van der Waals surface area contributed by atoms with E-state index in [2.05, 4.69) is 46.3 Å². The molecule has 106 valence electrons. The number of benzene rings is 1. The van der Waals surface area contributed by atoms with E-state index < -0.39 is 5.82 Å². The standard InChI is InChI=1S/C11H6BrClFN7/c12-6-2-1-3-7(14)8(6)17-10-18-9(13)19-11(20-10)21-5-15-4-16-21/h1-5H,(H,17,18,19,20). The van der Waals surface area contributed by atoms with Gasteiger partial charge < -0.3 is 5.32 Å². The molecule has 3 aromatic rings. The molecular formula is C11H6BrClFN7. The summed E-state index contributed by atoms with van der Waals surface area (Å²) >= 11 is 9.09. The van der Waals surface area contributed by atoms with Crippen molar-refractivity contribution in [3.63, 3.8) is 0 Å². The van der Waals surface area contributed by atoms with E-state index in [9.17, 15) is 4.39 Å². The number of aromatic nitrogens is 6. The van der Waals surface area contributed by atoms with Crippen LogP contribution in [0.15, 0.2) is 35.3 Å². The number of nitrogens with one attached hydrogen (secondary N) is 1. The number of nitrogens with zero attached hydrogens (tertiary/aromatic N) is 6. The predicted octanol–water partition coefficient (Wildman–Crippen LogP) is 2.75. The summed E-state index contributed by atoms with van der Waals surface area (Å²) in [5.74, 6) is -0.197. The van der Waals surface area contributed by atoms with Crippen LogP contribution >= 0.6 is 27.5 Å². The van der Waals surface area contributed by atoms with Gasteiger partial charge in [0.15, 0.2) is 0 Å². The van der Waals surface area contributed by atoms with Crippen molar-refractivity contribution in [3.8, 4) is 5.95 Å². The Morgan fingerprint density at radius 2 is 2.10 bits per heavy atom. The van der Waals surface area contributed by atoms with Crippen LogP contribution in [0.2, 0.25) is 5.28 Å². The van der Waals surface area contributed by atoms with Crippen LogP contribution < -0.4 is 5.32 Å². The first-order chi connectivity index (χ1) is 10.1. The van der Waals surface area contributed by atoms with Crippen LogP contribution in [0.25, 0.3) is 5.95 Å². The van der Waals surface area contributed by atoms with E-state index in [1.807, 2.05) is 0 Å². The third-order valence-corrected chi connectivity index (χ3v) is 3.25. The van der Waals surface area contributed by atoms with E-state index in [4.69, 9.17) is 11.6 Å². The lowest BCUT2D eigenvalue weighted by Gasteiger charge is -2.09.